The Morgan fingerprint density at radius 2 is 1.92 bits per heavy atom. The molecular weight excluding hydrogens is 527 g/mol. The van der Waals surface area contributed by atoms with Crippen LogP contribution in [0.15, 0.2) is 82.8 Å². The maximum absolute atomic E-state index is 13.8. The van der Waals surface area contributed by atoms with Crippen molar-refractivity contribution in [2.45, 2.75) is 23.8 Å². The highest BCUT2D eigenvalue weighted by atomic mass is 32.2. The maximum Gasteiger partial charge on any atom is 0.280 e. The van der Waals surface area contributed by atoms with Gasteiger partial charge in [0.2, 0.25) is 15.2 Å². The molecule has 0 saturated carbocycles. The first kappa shape index (κ1) is 26.1. The van der Waals surface area contributed by atoms with E-state index in [9.17, 15) is 17.6 Å². The minimum atomic E-state index is -3.76. The number of carbonyl (C=O) groups is 1. The molecule has 4 aromatic rings. The summed E-state index contributed by atoms with van der Waals surface area (Å²) in [7, 11) is -2.24. The number of aromatic nitrogens is 1. The third kappa shape index (κ3) is 5.65. The molecule has 2 heterocycles. The molecule has 0 spiro atoms. The largest absolute Gasteiger partial charge is 0.377 e. The van der Waals surface area contributed by atoms with Crippen LogP contribution in [0.5, 0.6) is 0 Å². The number of nitrogens with zero attached hydrogens (tertiary/aromatic N) is 4. The highest BCUT2D eigenvalue weighted by Crippen LogP contribution is 2.31. The molecule has 38 heavy (non-hydrogen) atoms. The normalized spacial score (nSPS) is 16.0. The highest BCUT2D eigenvalue weighted by molar-refractivity contribution is 7.89. The van der Waals surface area contributed by atoms with Gasteiger partial charge in [0.25, 0.3) is 5.91 Å². The molecule has 0 bridgehead atoms. The highest BCUT2D eigenvalue weighted by Gasteiger charge is 2.27. The number of hydrazone groups is 1. The maximum atomic E-state index is 13.8. The van der Waals surface area contributed by atoms with E-state index in [1.807, 2.05) is 30.3 Å². The summed E-state index contributed by atoms with van der Waals surface area (Å²) in [6, 6.07) is 19.2. The number of anilines is 1. The van der Waals surface area contributed by atoms with Crippen molar-refractivity contribution in [2.75, 3.05) is 25.2 Å². The summed E-state index contributed by atoms with van der Waals surface area (Å²) in [4.78, 5) is 18.1. The lowest BCUT2D eigenvalue weighted by molar-refractivity contribution is 0.0978. The molecule has 11 heteroatoms. The van der Waals surface area contributed by atoms with E-state index in [0.29, 0.717) is 16.8 Å². The fourth-order valence-corrected chi connectivity index (χ4v) is 6.22. The van der Waals surface area contributed by atoms with Crippen LogP contribution in [0.2, 0.25) is 0 Å². The number of sulfonamides is 1. The molecule has 1 aliphatic heterocycles. The SMILES string of the molecule is CN(CC1CCCO1)S(=O)(=O)c1ccc(C(=O)N(/N=C/c2ccccc2)c2nc3ccc(F)cc3s2)cc1. The molecule has 1 unspecified atom stereocenters. The van der Waals surface area contributed by atoms with Gasteiger partial charge in [-0.1, -0.05) is 41.7 Å². The zero-order chi connectivity index (χ0) is 26.7. The van der Waals surface area contributed by atoms with Crippen molar-refractivity contribution in [3.05, 3.63) is 89.7 Å². The quantitative estimate of drug-likeness (QED) is 0.229. The van der Waals surface area contributed by atoms with Gasteiger partial charge < -0.3 is 4.74 Å². The summed E-state index contributed by atoms with van der Waals surface area (Å²) in [6.45, 7) is 0.908. The molecular formula is C27H25FN4O4S2. The van der Waals surface area contributed by atoms with E-state index in [1.54, 1.807) is 6.07 Å². The number of amides is 1. The standard InChI is InChI=1S/C27H25FN4O4S2/c1-31(18-22-8-5-15-36-22)38(34,35)23-12-9-20(10-13-23)26(33)32(29-17-19-6-3-2-4-7-19)27-30-24-14-11-21(28)16-25(24)37-27/h2-4,6-7,9-14,16-17,22H,5,8,15,18H2,1H3/b29-17+. The van der Waals surface area contributed by atoms with Crippen LogP contribution in [0, 0.1) is 5.82 Å². The van der Waals surface area contributed by atoms with Crippen molar-refractivity contribution in [1.29, 1.82) is 0 Å². The molecule has 1 saturated heterocycles. The Bertz CT molecular complexity index is 1570. The lowest BCUT2D eigenvalue weighted by Crippen LogP contribution is -2.34. The average molecular weight is 553 g/mol. The van der Waals surface area contributed by atoms with Crippen LogP contribution >= 0.6 is 11.3 Å². The molecule has 1 aliphatic rings. The molecule has 0 aliphatic carbocycles. The van der Waals surface area contributed by atoms with Crippen LogP contribution in [0.3, 0.4) is 0 Å². The van der Waals surface area contributed by atoms with Gasteiger partial charge in [-0.2, -0.15) is 14.4 Å². The molecule has 1 atom stereocenters. The fraction of sp³-hybridized carbons (Fsp3) is 0.222. The second kappa shape index (κ2) is 11.1. The van der Waals surface area contributed by atoms with Gasteiger partial charge in [0.15, 0.2) is 0 Å². The lowest BCUT2D eigenvalue weighted by Gasteiger charge is -2.20. The van der Waals surface area contributed by atoms with Gasteiger partial charge in [-0.25, -0.2) is 17.8 Å². The molecule has 8 nitrogen and oxygen atoms in total. The Morgan fingerprint density at radius 3 is 2.63 bits per heavy atom. The van der Waals surface area contributed by atoms with Crippen LogP contribution in [-0.4, -0.2) is 56.1 Å². The number of fused-ring (bicyclic) bond motifs is 1. The second-order valence-electron chi connectivity index (χ2n) is 8.83. The van der Waals surface area contributed by atoms with Crippen LogP contribution in [0.1, 0.15) is 28.8 Å². The van der Waals surface area contributed by atoms with Crippen molar-refractivity contribution in [3.63, 3.8) is 0 Å². The van der Waals surface area contributed by atoms with E-state index in [2.05, 4.69) is 10.1 Å². The van der Waals surface area contributed by atoms with Gasteiger partial charge in [-0.15, -0.1) is 0 Å². The van der Waals surface area contributed by atoms with Crippen molar-refractivity contribution >= 4 is 48.8 Å². The summed E-state index contributed by atoms with van der Waals surface area (Å²) < 4.78 is 47.3. The number of hydrogen-bond acceptors (Lipinski definition) is 7. The van der Waals surface area contributed by atoms with Gasteiger partial charge in [0.1, 0.15) is 5.82 Å². The number of carbonyl (C=O) groups excluding carboxylic acids is 1. The molecule has 196 valence electrons. The summed E-state index contributed by atoms with van der Waals surface area (Å²) in [5.41, 5.74) is 1.53. The molecule has 5 rings (SSSR count). The van der Waals surface area contributed by atoms with E-state index in [4.69, 9.17) is 4.74 Å². The third-order valence-electron chi connectivity index (χ3n) is 6.13. The number of thiazole rings is 1. The molecule has 0 N–H and O–H groups in total. The number of benzene rings is 3. The number of ether oxygens (including phenoxy) is 1. The molecule has 0 radical (unpaired) electrons. The minimum Gasteiger partial charge on any atom is -0.377 e. The van der Waals surface area contributed by atoms with Gasteiger partial charge in [0, 0.05) is 25.8 Å². The third-order valence-corrected chi connectivity index (χ3v) is 8.96. The Balaban J connectivity index is 1.43. The summed E-state index contributed by atoms with van der Waals surface area (Å²) in [6.07, 6.45) is 3.16. The fourth-order valence-electron chi connectivity index (χ4n) is 4.07. The van der Waals surface area contributed by atoms with E-state index in [0.717, 1.165) is 34.8 Å². The summed E-state index contributed by atoms with van der Waals surface area (Å²) >= 11 is 1.13. The Hall–Kier alpha value is -3.51. The average Bonchev–Trinajstić information content (AvgIpc) is 3.59. The Kier molecular flexibility index (Phi) is 7.61. The Morgan fingerprint density at radius 1 is 1.16 bits per heavy atom. The topological polar surface area (TPSA) is 92.2 Å². The summed E-state index contributed by atoms with van der Waals surface area (Å²) in [5, 5.41) is 5.79. The predicted octanol–water partition coefficient (Wildman–Crippen LogP) is 4.92. The monoisotopic (exact) mass is 552 g/mol. The minimum absolute atomic E-state index is 0.0735. The first-order valence-corrected chi connectivity index (χ1v) is 14.2. The van der Waals surface area contributed by atoms with E-state index in [1.165, 1.54) is 54.0 Å². The van der Waals surface area contributed by atoms with Crippen molar-refractivity contribution < 1.29 is 22.3 Å². The van der Waals surface area contributed by atoms with Crippen molar-refractivity contribution in [3.8, 4) is 0 Å². The van der Waals surface area contributed by atoms with Crippen molar-refractivity contribution in [2.24, 2.45) is 5.10 Å². The molecule has 1 fully saturated rings. The zero-order valence-electron chi connectivity index (χ0n) is 20.5. The first-order chi connectivity index (χ1) is 18.3. The van der Waals surface area contributed by atoms with Gasteiger partial charge in [0.05, 0.1) is 27.4 Å². The van der Waals surface area contributed by atoms with Crippen molar-refractivity contribution in [1.82, 2.24) is 9.29 Å². The number of halogens is 1. The lowest BCUT2D eigenvalue weighted by atomic mass is 10.2. The number of hydrogen-bond donors (Lipinski definition) is 0. The smallest absolute Gasteiger partial charge is 0.280 e. The first-order valence-electron chi connectivity index (χ1n) is 12.0. The van der Waals surface area contributed by atoms with Crippen LogP contribution < -0.4 is 5.01 Å². The van der Waals surface area contributed by atoms with Crippen LogP contribution in [-0.2, 0) is 14.8 Å². The van der Waals surface area contributed by atoms with Crippen LogP contribution in [0.25, 0.3) is 10.2 Å². The van der Waals surface area contributed by atoms with E-state index >= 15 is 0 Å². The molecule has 1 aromatic heterocycles. The van der Waals surface area contributed by atoms with E-state index < -0.39 is 21.7 Å². The summed E-state index contributed by atoms with van der Waals surface area (Å²) in [5.74, 6) is -0.909. The Labute approximate surface area is 224 Å². The number of likely N-dealkylation sites (N-methyl/N-ethyl adjacent to an activating group) is 1. The molecule has 3 aromatic carbocycles. The van der Waals surface area contributed by atoms with Gasteiger partial charge >= 0.3 is 0 Å². The van der Waals surface area contributed by atoms with Gasteiger partial charge in [-0.3, -0.25) is 4.79 Å². The number of rotatable bonds is 8. The predicted molar refractivity (Wildman–Crippen MR) is 146 cm³/mol. The van der Waals surface area contributed by atoms with E-state index in [-0.39, 0.29) is 28.2 Å². The second-order valence-corrected chi connectivity index (χ2v) is 11.9. The zero-order valence-corrected chi connectivity index (χ0v) is 22.2. The van der Waals surface area contributed by atoms with Crippen LogP contribution in [0.4, 0.5) is 9.52 Å². The molecule has 1 amide bonds. The van der Waals surface area contributed by atoms with Gasteiger partial charge in [-0.05, 0) is 60.9 Å².